The zero-order chi connectivity index (χ0) is 22.1. The fourth-order valence-electron chi connectivity index (χ4n) is 3.82. The Hall–Kier alpha value is -4.19. The van der Waals surface area contributed by atoms with Gasteiger partial charge in [-0.15, -0.1) is 0 Å². The lowest BCUT2D eigenvalue weighted by Gasteiger charge is -2.11. The van der Waals surface area contributed by atoms with Crippen LogP contribution in [0.4, 0.5) is 0 Å². The molecule has 0 aliphatic carbocycles. The largest absolute Gasteiger partial charge is 0.496 e. The zero-order valence-corrected chi connectivity index (χ0v) is 17.8. The molecule has 0 saturated carbocycles. The summed E-state index contributed by atoms with van der Waals surface area (Å²) in [4.78, 5) is 17.9. The van der Waals surface area contributed by atoms with Crippen LogP contribution in [0.1, 0.15) is 12.5 Å². The van der Waals surface area contributed by atoms with Gasteiger partial charge in [0, 0.05) is 22.7 Å². The van der Waals surface area contributed by atoms with Crippen LogP contribution in [0.15, 0.2) is 88.3 Å². The van der Waals surface area contributed by atoms with Gasteiger partial charge in [-0.3, -0.25) is 9.36 Å². The van der Waals surface area contributed by atoms with Gasteiger partial charge in [0.1, 0.15) is 5.75 Å². The second-order valence-corrected chi connectivity index (χ2v) is 7.41. The number of benzene rings is 3. The van der Waals surface area contributed by atoms with Gasteiger partial charge in [-0.05, 0) is 42.3 Å². The molecule has 2 aromatic heterocycles. The number of ether oxygens (including phenoxy) is 1. The van der Waals surface area contributed by atoms with Gasteiger partial charge in [0.15, 0.2) is 0 Å². The highest BCUT2D eigenvalue weighted by atomic mass is 16.5. The molecule has 0 amide bonds. The fraction of sp³-hybridized carbons (Fsp3) is 0.115. The standard InChI is InChI=1S/C26H21N3O3/c1-3-17-12-14-18(15-13-17)29-16-22(19-8-4-5-9-20(19)26(29)30)25-27-24(28-32-25)21-10-6-7-11-23(21)31-2/h4-16H,3H2,1-2H3. The molecular weight excluding hydrogens is 402 g/mol. The maximum absolute atomic E-state index is 13.3. The molecule has 0 aliphatic rings. The number of fused-ring (bicyclic) bond motifs is 1. The van der Waals surface area contributed by atoms with Crippen LogP contribution in [0.25, 0.3) is 39.3 Å². The second-order valence-electron chi connectivity index (χ2n) is 7.41. The zero-order valence-electron chi connectivity index (χ0n) is 17.8. The Labute approximate surface area is 184 Å². The summed E-state index contributed by atoms with van der Waals surface area (Å²) in [7, 11) is 1.60. The van der Waals surface area contributed by atoms with Crippen LogP contribution in [0.3, 0.4) is 0 Å². The van der Waals surface area contributed by atoms with Crippen LogP contribution in [-0.4, -0.2) is 21.8 Å². The minimum Gasteiger partial charge on any atom is -0.496 e. The van der Waals surface area contributed by atoms with Gasteiger partial charge in [-0.25, -0.2) is 0 Å². The first-order valence-electron chi connectivity index (χ1n) is 10.4. The summed E-state index contributed by atoms with van der Waals surface area (Å²) in [5.41, 5.74) is 3.31. The predicted molar refractivity (Wildman–Crippen MR) is 124 cm³/mol. The minimum atomic E-state index is -0.0990. The lowest BCUT2D eigenvalue weighted by Crippen LogP contribution is -2.18. The normalized spacial score (nSPS) is 11.1. The van der Waals surface area contributed by atoms with Crippen molar-refractivity contribution in [2.45, 2.75) is 13.3 Å². The second kappa shape index (κ2) is 8.15. The number of hydrogen-bond acceptors (Lipinski definition) is 5. The SMILES string of the molecule is CCc1ccc(-n2cc(-c3nc(-c4ccccc4OC)no3)c3ccccc3c2=O)cc1. The Morgan fingerprint density at radius 1 is 0.906 bits per heavy atom. The van der Waals surface area contributed by atoms with Crippen molar-refractivity contribution in [2.75, 3.05) is 7.11 Å². The molecule has 32 heavy (non-hydrogen) atoms. The summed E-state index contributed by atoms with van der Waals surface area (Å²) in [5.74, 6) is 1.42. The summed E-state index contributed by atoms with van der Waals surface area (Å²) in [6.07, 6.45) is 2.71. The van der Waals surface area contributed by atoms with Gasteiger partial charge < -0.3 is 9.26 Å². The van der Waals surface area contributed by atoms with Gasteiger partial charge in [-0.1, -0.05) is 54.5 Å². The molecule has 0 unspecified atom stereocenters. The van der Waals surface area contributed by atoms with Crippen LogP contribution >= 0.6 is 0 Å². The van der Waals surface area contributed by atoms with E-state index in [4.69, 9.17) is 9.26 Å². The first-order chi connectivity index (χ1) is 15.7. The van der Waals surface area contributed by atoms with Crippen LogP contribution in [0.2, 0.25) is 0 Å². The lowest BCUT2D eigenvalue weighted by molar-refractivity contribution is 0.413. The molecule has 0 spiro atoms. The molecule has 6 nitrogen and oxygen atoms in total. The first kappa shape index (κ1) is 19.8. The van der Waals surface area contributed by atoms with E-state index in [1.807, 2.05) is 72.8 Å². The number of aryl methyl sites for hydroxylation is 1. The molecule has 2 heterocycles. The molecule has 158 valence electrons. The molecule has 5 aromatic rings. The maximum atomic E-state index is 13.3. The first-order valence-corrected chi connectivity index (χ1v) is 10.4. The summed E-state index contributed by atoms with van der Waals surface area (Å²) in [6, 6.07) is 22.9. The number of aromatic nitrogens is 3. The monoisotopic (exact) mass is 423 g/mol. The van der Waals surface area contributed by atoms with Crippen molar-refractivity contribution in [3.05, 3.63) is 94.9 Å². The van der Waals surface area contributed by atoms with E-state index in [0.717, 1.165) is 23.1 Å². The van der Waals surface area contributed by atoms with E-state index in [2.05, 4.69) is 17.1 Å². The number of para-hydroxylation sites is 1. The number of hydrogen-bond donors (Lipinski definition) is 0. The smallest absolute Gasteiger partial charge is 0.262 e. The minimum absolute atomic E-state index is 0.0990. The van der Waals surface area contributed by atoms with E-state index < -0.39 is 0 Å². The van der Waals surface area contributed by atoms with Crippen molar-refractivity contribution < 1.29 is 9.26 Å². The van der Waals surface area contributed by atoms with E-state index in [-0.39, 0.29) is 5.56 Å². The molecule has 0 bridgehead atoms. The predicted octanol–water partition coefficient (Wildman–Crippen LogP) is 5.28. The average molecular weight is 423 g/mol. The lowest BCUT2D eigenvalue weighted by atomic mass is 10.1. The van der Waals surface area contributed by atoms with Gasteiger partial charge in [0.2, 0.25) is 5.82 Å². The molecule has 0 N–H and O–H groups in total. The van der Waals surface area contributed by atoms with E-state index in [0.29, 0.717) is 28.4 Å². The van der Waals surface area contributed by atoms with Gasteiger partial charge in [0.25, 0.3) is 11.4 Å². The van der Waals surface area contributed by atoms with E-state index in [1.165, 1.54) is 5.56 Å². The van der Waals surface area contributed by atoms with E-state index in [9.17, 15) is 4.79 Å². The Balaban J connectivity index is 1.70. The summed E-state index contributed by atoms with van der Waals surface area (Å²) < 4.78 is 12.7. The molecule has 6 heteroatoms. The maximum Gasteiger partial charge on any atom is 0.262 e. The van der Waals surface area contributed by atoms with Crippen molar-refractivity contribution in [3.8, 4) is 34.3 Å². The molecule has 0 fully saturated rings. The third-order valence-electron chi connectivity index (χ3n) is 5.55. The highest BCUT2D eigenvalue weighted by Crippen LogP contribution is 2.31. The highest BCUT2D eigenvalue weighted by molar-refractivity contribution is 5.94. The highest BCUT2D eigenvalue weighted by Gasteiger charge is 2.18. The van der Waals surface area contributed by atoms with E-state index in [1.54, 1.807) is 17.9 Å². The summed E-state index contributed by atoms with van der Waals surface area (Å²) in [5, 5.41) is 5.52. The Bertz CT molecular complexity index is 1470. The van der Waals surface area contributed by atoms with Crippen molar-refractivity contribution in [3.63, 3.8) is 0 Å². The van der Waals surface area contributed by atoms with E-state index >= 15 is 0 Å². The third-order valence-corrected chi connectivity index (χ3v) is 5.55. The Kier molecular flexibility index (Phi) is 5.03. The quantitative estimate of drug-likeness (QED) is 0.385. The molecule has 0 radical (unpaired) electrons. The van der Waals surface area contributed by atoms with Gasteiger partial charge >= 0.3 is 0 Å². The number of pyridine rings is 1. The molecule has 0 atom stereocenters. The number of nitrogens with zero attached hydrogens (tertiary/aromatic N) is 3. The molecule has 0 aliphatic heterocycles. The summed E-state index contributed by atoms with van der Waals surface area (Å²) in [6.45, 7) is 2.10. The van der Waals surface area contributed by atoms with Crippen molar-refractivity contribution >= 4 is 10.8 Å². The van der Waals surface area contributed by atoms with Crippen molar-refractivity contribution in [1.29, 1.82) is 0 Å². The molecule has 0 saturated heterocycles. The van der Waals surface area contributed by atoms with Gasteiger partial charge in [-0.2, -0.15) is 4.98 Å². The third kappa shape index (κ3) is 3.36. The molecule has 5 rings (SSSR count). The van der Waals surface area contributed by atoms with Crippen LogP contribution < -0.4 is 10.3 Å². The van der Waals surface area contributed by atoms with Crippen molar-refractivity contribution in [2.24, 2.45) is 0 Å². The van der Waals surface area contributed by atoms with Crippen LogP contribution in [0.5, 0.6) is 5.75 Å². The molecular formula is C26H21N3O3. The van der Waals surface area contributed by atoms with Crippen LogP contribution in [-0.2, 0) is 6.42 Å². The fourth-order valence-corrected chi connectivity index (χ4v) is 3.82. The molecule has 3 aromatic carbocycles. The summed E-state index contributed by atoms with van der Waals surface area (Å²) >= 11 is 0. The topological polar surface area (TPSA) is 70.2 Å². The van der Waals surface area contributed by atoms with Crippen LogP contribution in [0, 0.1) is 0 Å². The van der Waals surface area contributed by atoms with Gasteiger partial charge in [0.05, 0.1) is 18.2 Å². The average Bonchev–Trinajstić information content (AvgIpc) is 3.34. The Morgan fingerprint density at radius 2 is 1.62 bits per heavy atom. The van der Waals surface area contributed by atoms with Crippen molar-refractivity contribution in [1.82, 2.24) is 14.7 Å². The number of rotatable bonds is 5. The Morgan fingerprint density at radius 3 is 2.38 bits per heavy atom. The number of methoxy groups -OCH3 is 1.